The van der Waals surface area contributed by atoms with E-state index < -0.39 is 0 Å². The second-order valence-corrected chi connectivity index (χ2v) is 25.6. The number of likely N-dealkylation sites (N-methyl/N-ethyl adjacent to an activating group) is 1. The van der Waals surface area contributed by atoms with Gasteiger partial charge in [-0.05, 0) is 51.5 Å². The number of H-pyrrole nitrogens is 1. The van der Waals surface area contributed by atoms with Crippen LogP contribution in [-0.2, 0) is 9.53 Å². The summed E-state index contributed by atoms with van der Waals surface area (Å²) in [5.41, 5.74) is 42.3. The largest absolute Gasteiger partial charge is 1.00 e. The molecule has 0 bridgehead atoms. The number of aromatic nitrogens is 1. The minimum atomic E-state index is -0.332. The monoisotopic (exact) mass is 1390 g/mol. The second-order valence-electron chi connectivity index (χ2n) is 25.6. The van der Waals surface area contributed by atoms with Crippen LogP contribution in [0.1, 0.15) is 79.2 Å². The Kier molecular flexibility index (Phi) is 85.7. The number of ether oxygens (including phenoxy) is 1. The second kappa shape index (κ2) is 75.3. The van der Waals surface area contributed by atoms with Gasteiger partial charge < -0.3 is 172 Å². The summed E-state index contributed by atoms with van der Waals surface area (Å²) in [5, 5.41) is 9.86. The Hall–Kier alpha value is -1.10. The van der Waals surface area contributed by atoms with Gasteiger partial charge in [-0.2, -0.15) is 0 Å². The summed E-state index contributed by atoms with van der Waals surface area (Å²) in [5.74, 6) is 0.603. The Morgan fingerprint density at radius 3 is 0.911 bits per heavy atom. The molecule has 1 aromatic heterocycles. The predicted molar refractivity (Wildman–Crippen MR) is 342 cm³/mol. The van der Waals surface area contributed by atoms with Gasteiger partial charge in [0.15, 0.2) is 12.4 Å². The topological polar surface area (TPSA) is 419 Å². The number of nitrogens with one attached hydrogen (secondary N) is 9. The van der Waals surface area contributed by atoms with Crippen LogP contribution >= 0.6 is 0 Å². The normalized spacial score (nSPS) is 13.8. The molecule has 1 heterocycles. The molecule has 0 amide bonds. The van der Waals surface area contributed by atoms with E-state index in [1.165, 1.54) is 174 Å². The number of carbonyl (C=O) groups excluding carboxylic acids is 1. The Bertz CT molecular complexity index is 1510. The Labute approximate surface area is 576 Å². The first-order valence-corrected chi connectivity index (χ1v) is 35.5. The molecule has 0 aromatic carbocycles. The average molecular weight is 1400 g/mol. The van der Waals surface area contributed by atoms with Crippen molar-refractivity contribution in [3.05, 3.63) is 30.1 Å². The van der Waals surface area contributed by atoms with Gasteiger partial charge in [0.25, 0.3) is 0 Å². The number of nitrogens with two attached hydrogens (primary N) is 4. The lowest BCUT2D eigenvalue weighted by molar-refractivity contribution is -1.02. The molecule has 0 aliphatic carbocycles. The van der Waals surface area contributed by atoms with Gasteiger partial charge in [0, 0.05) is 12.1 Å². The summed E-state index contributed by atoms with van der Waals surface area (Å²) in [7, 11) is 4.08. The lowest BCUT2D eigenvalue weighted by atomic mass is 9.91. The van der Waals surface area contributed by atoms with Gasteiger partial charge in [-0.3, -0.25) is 4.79 Å². The molecule has 0 saturated heterocycles. The summed E-state index contributed by atoms with van der Waals surface area (Å²) in [4.78, 5) is 28.0. The van der Waals surface area contributed by atoms with Crippen LogP contribution in [0.3, 0.4) is 0 Å². The van der Waals surface area contributed by atoms with Crippen LogP contribution in [0.25, 0.3) is 0 Å². The maximum atomic E-state index is 11.4. The van der Waals surface area contributed by atoms with E-state index in [1.54, 1.807) is 29.4 Å². The summed E-state index contributed by atoms with van der Waals surface area (Å²) < 4.78 is 5.15. The van der Waals surface area contributed by atoms with E-state index in [2.05, 4.69) is 123 Å². The van der Waals surface area contributed by atoms with Crippen molar-refractivity contribution in [2.45, 2.75) is 79.7 Å². The Morgan fingerprint density at radius 1 is 0.433 bits per heavy atom. The number of aromatic amines is 1. The first-order valence-electron chi connectivity index (χ1n) is 35.5. The molecule has 7 unspecified atom stereocenters. The third kappa shape index (κ3) is 65.6. The number of rotatable bonds is 56. The number of halogens is 4. The van der Waals surface area contributed by atoms with E-state index in [-0.39, 0.29) is 61.0 Å². The van der Waals surface area contributed by atoms with E-state index in [0.29, 0.717) is 18.6 Å². The lowest BCUT2D eigenvalue weighted by Crippen LogP contribution is -3.29. The van der Waals surface area contributed by atoms with Gasteiger partial charge in [-0.15, -0.1) is 0 Å². The molecule has 0 saturated carbocycles. The molecule has 0 radical (unpaired) electrons. The number of pyridine rings is 1. The Balaban J connectivity index is -0.000000350. The third-order valence-electron chi connectivity index (χ3n) is 17.0. The molecule has 0 spiro atoms. The molecule has 47 N–H and O–H groups in total. The zero-order chi connectivity index (χ0) is 64.9. The van der Waals surface area contributed by atoms with Crippen molar-refractivity contribution < 1.29 is 182 Å². The van der Waals surface area contributed by atoms with Crippen molar-refractivity contribution in [3.63, 3.8) is 0 Å². The molecule has 546 valence electrons. The lowest BCUT2D eigenvalue weighted by Gasteiger charge is -2.28. The zero-order valence-corrected chi connectivity index (χ0v) is 63.6. The smallest absolute Gasteiger partial charge is 0.311 e. The molecule has 0 aliphatic rings. The number of hydrogen-bond donors (Lipinski definition) is 22. The van der Waals surface area contributed by atoms with E-state index in [9.17, 15) is 4.79 Å². The molecule has 7 atom stereocenters. The molecule has 29 heteroatoms. The fourth-order valence-electron chi connectivity index (χ4n) is 10.0. The highest BCUT2D eigenvalue weighted by Gasteiger charge is 2.28. The van der Waals surface area contributed by atoms with Crippen molar-refractivity contribution in [1.82, 2.24) is 0 Å². The van der Waals surface area contributed by atoms with Crippen molar-refractivity contribution in [3.8, 4) is 0 Å². The van der Waals surface area contributed by atoms with E-state index >= 15 is 0 Å². The molecule has 0 aliphatic heterocycles. The summed E-state index contributed by atoms with van der Waals surface area (Å²) >= 11 is 0. The standard InChI is InChI=1S/C38H98N20.C10H21NO2.C9H13N.C4H11N.4ClH/c39-1-10-48-14-23-53(20-7-45)28-33-57(34-29-54(21-8-46)24-15-49-11-2-40)37-38-58(35-30-55(22-9-47)25-16-50-12-3-41)36-32-56(26-17-51-13-4-42)31-27-52(18-5-43)19-6-44;1-6-10(2,3)9(12)13-8-7-11(4)5;1-3-8(2)9-4-6-10-7-5-9;1-3-4(2)5;;;;/h48-51H,1-47H2;6-8H2,1-5H3;4-8H,3H2,1-2H3;4H,3,5H2,1-2H3;4*1H/p+19. The van der Waals surface area contributed by atoms with Gasteiger partial charge in [-0.1, -0.05) is 27.7 Å². The molecular weight excluding hydrogens is 1230 g/mol. The maximum absolute atomic E-state index is 11.4. The fraction of sp³-hybridized carbons (Fsp3) is 0.902. The number of quaternary nitrogens is 22. The minimum Gasteiger partial charge on any atom is -1.00 e. The number of esters is 1. The van der Waals surface area contributed by atoms with Crippen LogP contribution in [0, 0.1) is 5.41 Å². The van der Waals surface area contributed by atoms with Crippen LogP contribution in [0.2, 0.25) is 0 Å². The van der Waals surface area contributed by atoms with E-state index in [0.717, 1.165) is 111 Å². The predicted octanol–water partition coefficient (Wildman–Crippen LogP) is -38.2. The number of carbonyl (C=O) groups is 1. The van der Waals surface area contributed by atoms with E-state index in [1.807, 2.05) is 52.2 Å². The van der Waals surface area contributed by atoms with Crippen molar-refractivity contribution in [2.75, 3.05) is 276 Å². The molecule has 90 heavy (non-hydrogen) atoms. The SMILES string of the molecule is CCC(C)(C)C(=O)OCC[NH+](C)C.CCC(C)[NH3+].CCC(C)c1cc[nH+]cc1.[Cl-].[Cl-].[Cl-].[Cl-].[NH3+]CC[NH2+]CC[NH+](CC[NH3+])CC[NH+](CC[NH+](CC[NH3+])CC[NH2+]CC[NH3+])CC[NH+](CC[NH+](CC[NH3+])CC[NH2+]CC[NH3+])CC[NH+](CC[NH2+]CC[NH3+])CC[NH+](CC[NH3+])CC[NH3+]. The highest BCUT2D eigenvalue weighted by atomic mass is 35.5. The first kappa shape index (κ1) is 102. The molecular formula is C61H166Cl4N23O2+19. The summed E-state index contributed by atoms with van der Waals surface area (Å²) in [6.07, 6.45) is 7.17. The van der Waals surface area contributed by atoms with Gasteiger partial charge >= 0.3 is 5.97 Å². The fourth-order valence-corrected chi connectivity index (χ4v) is 10.0. The van der Waals surface area contributed by atoms with Gasteiger partial charge in [0.2, 0.25) is 0 Å². The summed E-state index contributed by atoms with van der Waals surface area (Å²) in [6.45, 7) is 60.0. The Morgan fingerprint density at radius 2 is 0.689 bits per heavy atom. The van der Waals surface area contributed by atoms with Crippen molar-refractivity contribution in [1.29, 1.82) is 0 Å². The summed E-state index contributed by atoms with van der Waals surface area (Å²) in [6, 6.07) is 4.90. The van der Waals surface area contributed by atoms with Crippen LogP contribution in [0.4, 0.5) is 0 Å². The van der Waals surface area contributed by atoms with Crippen LogP contribution < -0.4 is 172 Å². The van der Waals surface area contributed by atoms with Gasteiger partial charge in [-0.25, -0.2) is 4.98 Å². The van der Waals surface area contributed by atoms with Crippen molar-refractivity contribution in [2.24, 2.45) is 5.41 Å². The van der Waals surface area contributed by atoms with Crippen molar-refractivity contribution >= 4 is 5.97 Å². The average Bonchev–Trinajstić information content (AvgIpc) is 3.63. The molecule has 1 aromatic rings. The number of hydrogen-bond acceptors (Lipinski definition) is 2. The third-order valence-corrected chi connectivity index (χ3v) is 17.0. The van der Waals surface area contributed by atoms with Crippen LogP contribution in [-0.4, -0.2) is 288 Å². The highest BCUT2D eigenvalue weighted by molar-refractivity contribution is 5.75. The zero-order valence-electron chi connectivity index (χ0n) is 60.6. The van der Waals surface area contributed by atoms with E-state index in [4.69, 9.17) is 4.74 Å². The highest BCUT2D eigenvalue weighted by Crippen LogP contribution is 2.21. The minimum absolute atomic E-state index is 0. The van der Waals surface area contributed by atoms with Crippen LogP contribution in [0.15, 0.2) is 24.5 Å². The van der Waals surface area contributed by atoms with Gasteiger partial charge in [0.05, 0.1) is 25.6 Å². The van der Waals surface area contributed by atoms with Gasteiger partial charge in [0.1, 0.15) is 262 Å². The molecule has 25 nitrogen and oxygen atoms in total. The molecule has 1 rings (SSSR count). The first-order chi connectivity index (χ1) is 41.4. The van der Waals surface area contributed by atoms with Crippen LogP contribution in [0.5, 0.6) is 0 Å². The molecule has 0 fully saturated rings. The quantitative estimate of drug-likeness (QED) is 0.0223. The maximum Gasteiger partial charge on any atom is 0.311 e.